The summed E-state index contributed by atoms with van der Waals surface area (Å²) in [6.45, 7) is 6.89. The second-order valence-electron chi connectivity index (χ2n) is 5.43. The van der Waals surface area contributed by atoms with E-state index >= 15 is 0 Å². The number of aryl methyl sites for hydroxylation is 1. The van der Waals surface area contributed by atoms with Crippen LogP contribution in [0.15, 0.2) is 48.7 Å². The SMILES string of the molecule is CCOc1cccn2c(C(=O)N(CC)c3ccccc3)c(C)nc12. The number of aromatic nitrogens is 2. The lowest BCUT2D eigenvalue weighted by Crippen LogP contribution is -2.32. The fraction of sp³-hybridized carbons (Fsp3) is 0.263. The zero-order chi connectivity index (χ0) is 17.1. The number of carbonyl (C=O) groups is 1. The quantitative estimate of drug-likeness (QED) is 0.719. The van der Waals surface area contributed by atoms with E-state index in [1.807, 2.05) is 73.8 Å². The van der Waals surface area contributed by atoms with Crippen molar-refractivity contribution in [1.82, 2.24) is 9.38 Å². The van der Waals surface area contributed by atoms with E-state index in [4.69, 9.17) is 4.74 Å². The van der Waals surface area contributed by atoms with Gasteiger partial charge in [-0.2, -0.15) is 0 Å². The van der Waals surface area contributed by atoms with Crippen molar-refractivity contribution < 1.29 is 9.53 Å². The van der Waals surface area contributed by atoms with E-state index in [1.165, 1.54) is 0 Å². The van der Waals surface area contributed by atoms with Gasteiger partial charge in [-0.3, -0.25) is 9.20 Å². The van der Waals surface area contributed by atoms with Crippen molar-refractivity contribution in [2.45, 2.75) is 20.8 Å². The number of rotatable bonds is 5. The Balaban J connectivity index is 2.10. The number of imidazole rings is 1. The van der Waals surface area contributed by atoms with E-state index in [0.717, 1.165) is 5.69 Å². The van der Waals surface area contributed by atoms with Crippen LogP contribution < -0.4 is 9.64 Å². The highest BCUT2D eigenvalue weighted by atomic mass is 16.5. The summed E-state index contributed by atoms with van der Waals surface area (Å²) >= 11 is 0. The monoisotopic (exact) mass is 323 g/mol. The molecule has 2 aromatic heterocycles. The molecule has 1 amide bonds. The largest absolute Gasteiger partial charge is 0.490 e. The first-order chi connectivity index (χ1) is 11.7. The Hall–Kier alpha value is -2.82. The second kappa shape index (κ2) is 6.74. The zero-order valence-electron chi connectivity index (χ0n) is 14.2. The number of pyridine rings is 1. The molecule has 5 heteroatoms. The van der Waals surface area contributed by atoms with Crippen molar-refractivity contribution in [3.8, 4) is 5.75 Å². The molecule has 0 spiro atoms. The Morgan fingerprint density at radius 1 is 1.17 bits per heavy atom. The highest BCUT2D eigenvalue weighted by molar-refractivity contribution is 6.06. The molecule has 0 aliphatic carbocycles. The van der Waals surface area contributed by atoms with Crippen molar-refractivity contribution in [2.75, 3.05) is 18.1 Å². The van der Waals surface area contributed by atoms with E-state index in [2.05, 4.69) is 4.98 Å². The van der Waals surface area contributed by atoms with E-state index in [0.29, 0.717) is 35.9 Å². The summed E-state index contributed by atoms with van der Waals surface area (Å²) in [5.41, 5.74) is 2.81. The van der Waals surface area contributed by atoms with Gasteiger partial charge in [0.05, 0.1) is 12.3 Å². The number of amides is 1. The van der Waals surface area contributed by atoms with Crippen molar-refractivity contribution in [3.63, 3.8) is 0 Å². The van der Waals surface area contributed by atoms with Gasteiger partial charge in [0.1, 0.15) is 5.69 Å². The van der Waals surface area contributed by atoms with Gasteiger partial charge in [0, 0.05) is 18.4 Å². The van der Waals surface area contributed by atoms with Gasteiger partial charge in [0.2, 0.25) is 0 Å². The predicted octanol–water partition coefficient (Wildman–Crippen LogP) is 3.71. The Kier molecular flexibility index (Phi) is 4.51. The smallest absolute Gasteiger partial charge is 0.277 e. The van der Waals surface area contributed by atoms with Gasteiger partial charge in [0.15, 0.2) is 11.4 Å². The molecule has 0 fully saturated rings. The Bertz CT molecular complexity index is 856. The average Bonchev–Trinajstić information content (AvgIpc) is 2.93. The molecule has 124 valence electrons. The molecule has 1 aromatic carbocycles. The Labute approximate surface area is 141 Å². The minimum atomic E-state index is -0.0673. The molecule has 0 bridgehead atoms. The first-order valence-electron chi connectivity index (χ1n) is 8.14. The lowest BCUT2D eigenvalue weighted by molar-refractivity contribution is 0.0982. The van der Waals surface area contributed by atoms with Gasteiger partial charge in [0.25, 0.3) is 5.91 Å². The normalized spacial score (nSPS) is 10.8. The molecule has 3 aromatic rings. The highest BCUT2D eigenvalue weighted by Crippen LogP contribution is 2.24. The summed E-state index contributed by atoms with van der Waals surface area (Å²) < 4.78 is 7.44. The average molecular weight is 323 g/mol. The highest BCUT2D eigenvalue weighted by Gasteiger charge is 2.23. The summed E-state index contributed by atoms with van der Waals surface area (Å²) in [6, 6.07) is 13.4. The molecule has 5 nitrogen and oxygen atoms in total. The standard InChI is InChI=1S/C19H21N3O2/c1-4-21(15-10-7-6-8-11-15)19(23)17-14(3)20-18-16(24-5-2)12-9-13-22(17)18/h6-13H,4-5H2,1-3H3. The van der Waals surface area contributed by atoms with Crippen molar-refractivity contribution in [2.24, 2.45) is 0 Å². The lowest BCUT2D eigenvalue weighted by Gasteiger charge is -2.21. The molecule has 0 atom stereocenters. The minimum Gasteiger partial charge on any atom is -0.490 e. The van der Waals surface area contributed by atoms with Crippen molar-refractivity contribution in [3.05, 3.63) is 60.0 Å². The van der Waals surface area contributed by atoms with Crippen LogP contribution in [0.1, 0.15) is 30.0 Å². The van der Waals surface area contributed by atoms with Crippen LogP contribution in [0.2, 0.25) is 0 Å². The maximum Gasteiger partial charge on any atom is 0.277 e. The summed E-state index contributed by atoms with van der Waals surface area (Å²) in [7, 11) is 0. The maximum absolute atomic E-state index is 13.2. The van der Waals surface area contributed by atoms with Crippen molar-refractivity contribution in [1.29, 1.82) is 0 Å². The van der Waals surface area contributed by atoms with E-state index in [9.17, 15) is 4.79 Å². The Morgan fingerprint density at radius 2 is 1.92 bits per heavy atom. The third-order valence-electron chi connectivity index (χ3n) is 3.92. The predicted molar refractivity (Wildman–Crippen MR) is 94.9 cm³/mol. The zero-order valence-corrected chi connectivity index (χ0v) is 14.2. The first kappa shape index (κ1) is 16.1. The van der Waals surface area contributed by atoms with Crippen LogP contribution in [-0.2, 0) is 0 Å². The maximum atomic E-state index is 13.2. The number of carbonyl (C=O) groups excluding carboxylic acids is 1. The third-order valence-corrected chi connectivity index (χ3v) is 3.92. The molecule has 3 rings (SSSR count). The molecule has 0 unspecified atom stereocenters. The van der Waals surface area contributed by atoms with Crippen LogP contribution in [0.5, 0.6) is 5.75 Å². The van der Waals surface area contributed by atoms with Gasteiger partial charge >= 0.3 is 0 Å². The molecular formula is C19H21N3O2. The van der Waals surface area contributed by atoms with E-state index in [-0.39, 0.29) is 5.91 Å². The van der Waals surface area contributed by atoms with Gasteiger partial charge in [-0.05, 0) is 45.0 Å². The molecule has 0 saturated carbocycles. The van der Waals surface area contributed by atoms with Crippen LogP contribution in [0.3, 0.4) is 0 Å². The topological polar surface area (TPSA) is 46.8 Å². The number of hydrogen-bond acceptors (Lipinski definition) is 3. The molecule has 0 N–H and O–H groups in total. The van der Waals surface area contributed by atoms with E-state index < -0.39 is 0 Å². The summed E-state index contributed by atoms with van der Waals surface area (Å²) in [5, 5.41) is 0. The van der Waals surface area contributed by atoms with Crippen LogP contribution in [0, 0.1) is 6.92 Å². The third kappa shape index (κ3) is 2.73. The number of benzene rings is 1. The lowest BCUT2D eigenvalue weighted by atomic mass is 10.2. The number of hydrogen-bond donors (Lipinski definition) is 0. The van der Waals surface area contributed by atoms with Crippen molar-refractivity contribution >= 4 is 17.2 Å². The van der Waals surface area contributed by atoms with Crippen LogP contribution >= 0.6 is 0 Å². The molecule has 0 aliphatic heterocycles. The summed E-state index contributed by atoms with van der Waals surface area (Å²) in [6.07, 6.45) is 1.85. The van der Waals surface area contributed by atoms with Crippen LogP contribution in [-0.4, -0.2) is 28.4 Å². The number of para-hydroxylation sites is 1. The Morgan fingerprint density at radius 3 is 2.58 bits per heavy atom. The molecular weight excluding hydrogens is 302 g/mol. The van der Waals surface area contributed by atoms with Crippen LogP contribution in [0.4, 0.5) is 5.69 Å². The van der Waals surface area contributed by atoms with Gasteiger partial charge < -0.3 is 9.64 Å². The summed E-state index contributed by atoms with van der Waals surface area (Å²) in [4.78, 5) is 19.5. The number of anilines is 1. The first-order valence-corrected chi connectivity index (χ1v) is 8.14. The van der Waals surface area contributed by atoms with Gasteiger partial charge in [-0.25, -0.2) is 4.98 Å². The fourth-order valence-corrected chi connectivity index (χ4v) is 2.86. The molecule has 2 heterocycles. The molecule has 24 heavy (non-hydrogen) atoms. The van der Waals surface area contributed by atoms with Crippen LogP contribution in [0.25, 0.3) is 5.65 Å². The molecule has 0 saturated heterocycles. The fourth-order valence-electron chi connectivity index (χ4n) is 2.86. The van der Waals surface area contributed by atoms with Gasteiger partial charge in [-0.1, -0.05) is 18.2 Å². The molecule has 0 aliphatic rings. The number of fused-ring (bicyclic) bond motifs is 1. The number of nitrogens with zero attached hydrogens (tertiary/aromatic N) is 3. The van der Waals surface area contributed by atoms with Gasteiger partial charge in [-0.15, -0.1) is 0 Å². The molecule has 0 radical (unpaired) electrons. The summed E-state index contributed by atoms with van der Waals surface area (Å²) in [5.74, 6) is 0.618. The van der Waals surface area contributed by atoms with E-state index in [1.54, 1.807) is 4.90 Å². The second-order valence-corrected chi connectivity index (χ2v) is 5.43. The minimum absolute atomic E-state index is 0.0673. The number of ether oxygens (including phenoxy) is 1.